The Morgan fingerprint density at radius 1 is 0.594 bits per heavy atom. The summed E-state index contributed by atoms with van der Waals surface area (Å²) in [6.07, 6.45) is -10.2. The fourth-order valence-electron chi connectivity index (χ4n) is 2.50. The molecule has 0 bridgehead atoms. The number of alkyl halides is 6. The zero-order chi connectivity index (χ0) is 23.5. The molecule has 0 aliphatic carbocycles. The second-order valence-electron chi connectivity index (χ2n) is 6.32. The van der Waals surface area contributed by atoms with Gasteiger partial charge >= 0.3 is 19.7 Å². The van der Waals surface area contributed by atoms with E-state index >= 15 is 0 Å². The maximum absolute atomic E-state index is 13.1. The summed E-state index contributed by atoms with van der Waals surface area (Å²) < 4.78 is 94.4. The molecule has 3 aromatic rings. The first-order chi connectivity index (χ1) is 14.9. The normalized spacial score (nSPS) is 11.7. The van der Waals surface area contributed by atoms with Crippen molar-refractivity contribution in [3.8, 4) is 28.7 Å². The minimum absolute atomic E-state index is 0.0599. The van der Waals surface area contributed by atoms with Crippen LogP contribution in [0.5, 0.6) is 28.7 Å². The number of benzene rings is 3. The molecule has 3 rings (SSSR count). The quantitative estimate of drug-likeness (QED) is 0.369. The Morgan fingerprint density at radius 2 is 1.00 bits per heavy atom. The molecular formula is C20H13BF6O5. The zero-order valence-electron chi connectivity index (χ0n) is 15.8. The van der Waals surface area contributed by atoms with Crippen LogP contribution in [0.4, 0.5) is 26.3 Å². The molecule has 0 heterocycles. The van der Waals surface area contributed by atoms with Gasteiger partial charge in [0.25, 0.3) is 0 Å². The number of aromatic hydroxyl groups is 2. The number of phenolic OH excluding ortho intramolecular Hbond substituents is 2. The molecule has 0 aliphatic heterocycles. The van der Waals surface area contributed by atoms with Gasteiger partial charge < -0.3 is 24.2 Å². The molecule has 2 N–H and O–H groups in total. The molecule has 0 saturated heterocycles. The van der Waals surface area contributed by atoms with Crippen molar-refractivity contribution in [3.63, 3.8) is 0 Å². The fourth-order valence-corrected chi connectivity index (χ4v) is 2.50. The van der Waals surface area contributed by atoms with Gasteiger partial charge in [0.15, 0.2) is 11.5 Å². The number of halogens is 6. The van der Waals surface area contributed by atoms with E-state index in [2.05, 4.69) is 0 Å². The largest absolute Gasteiger partial charge is 0.864 e. The summed E-state index contributed by atoms with van der Waals surface area (Å²) in [4.78, 5) is 0. The van der Waals surface area contributed by atoms with Gasteiger partial charge in [-0.25, -0.2) is 0 Å². The summed E-state index contributed by atoms with van der Waals surface area (Å²) in [7, 11) is -1.99. The minimum atomic E-state index is -5.09. The van der Waals surface area contributed by atoms with E-state index < -0.39 is 48.0 Å². The Labute approximate surface area is 177 Å². The Morgan fingerprint density at radius 3 is 1.38 bits per heavy atom. The van der Waals surface area contributed by atoms with Crippen molar-refractivity contribution < 1.29 is 50.5 Å². The molecule has 0 amide bonds. The highest BCUT2D eigenvalue weighted by molar-refractivity contribution is 6.39. The molecule has 0 unspecified atom stereocenters. The predicted octanol–water partition coefficient (Wildman–Crippen LogP) is 5.66. The molecule has 0 saturated carbocycles. The molecular weight excluding hydrogens is 445 g/mol. The first-order valence-corrected chi connectivity index (χ1v) is 8.79. The van der Waals surface area contributed by atoms with Gasteiger partial charge in [0.2, 0.25) is 0 Å². The smallest absolute Gasteiger partial charge is 0.504 e. The summed E-state index contributed by atoms with van der Waals surface area (Å²) in [6.45, 7) is 0. The third-order valence-corrected chi connectivity index (χ3v) is 3.97. The van der Waals surface area contributed by atoms with Crippen molar-refractivity contribution in [1.29, 1.82) is 0 Å². The molecule has 5 nitrogen and oxygen atoms in total. The Bertz CT molecular complexity index is 1010. The summed E-state index contributed by atoms with van der Waals surface area (Å²) in [5, 5.41) is 19.7. The van der Waals surface area contributed by atoms with Crippen LogP contribution < -0.4 is 14.0 Å². The minimum Gasteiger partial charge on any atom is -0.504 e. The summed E-state index contributed by atoms with van der Waals surface area (Å²) in [6, 6.07) is 11.4. The molecule has 0 radical (unpaired) electrons. The molecule has 12 heteroatoms. The average Bonchev–Trinajstić information content (AvgIpc) is 2.70. The van der Waals surface area contributed by atoms with Crippen LogP contribution in [0, 0.1) is 0 Å². The molecule has 0 aliphatic rings. The number of para-hydroxylation sites is 4. The van der Waals surface area contributed by atoms with Crippen LogP contribution in [0.2, 0.25) is 0 Å². The van der Waals surface area contributed by atoms with Gasteiger partial charge in [-0.1, -0.05) is 24.3 Å². The zero-order valence-corrected chi connectivity index (χ0v) is 15.8. The van der Waals surface area contributed by atoms with Crippen LogP contribution >= 0.6 is 0 Å². The third-order valence-electron chi connectivity index (χ3n) is 3.97. The van der Waals surface area contributed by atoms with Crippen molar-refractivity contribution in [2.45, 2.75) is 12.4 Å². The van der Waals surface area contributed by atoms with Gasteiger partial charge in [0.1, 0.15) is 17.2 Å². The monoisotopic (exact) mass is 458 g/mol. The third kappa shape index (κ3) is 5.71. The van der Waals surface area contributed by atoms with E-state index in [9.17, 15) is 36.6 Å². The maximum Gasteiger partial charge on any atom is 0.864 e. The van der Waals surface area contributed by atoms with Gasteiger partial charge in [0.05, 0.1) is 11.1 Å². The van der Waals surface area contributed by atoms with Crippen LogP contribution in [-0.2, 0) is 12.4 Å². The lowest BCUT2D eigenvalue weighted by molar-refractivity contribution is -0.143. The van der Waals surface area contributed by atoms with Crippen molar-refractivity contribution >= 4 is 7.32 Å². The van der Waals surface area contributed by atoms with Crippen molar-refractivity contribution in [1.82, 2.24) is 0 Å². The van der Waals surface area contributed by atoms with E-state index in [1.807, 2.05) is 0 Å². The highest BCUT2D eigenvalue weighted by atomic mass is 19.4. The number of hydrogen-bond acceptors (Lipinski definition) is 5. The van der Waals surface area contributed by atoms with Crippen molar-refractivity contribution in [3.05, 3.63) is 77.9 Å². The highest BCUT2D eigenvalue weighted by Crippen LogP contribution is 2.38. The average molecular weight is 458 g/mol. The van der Waals surface area contributed by atoms with Crippen molar-refractivity contribution in [2.75, 3.05) is 0 Å². The van der Waals surface area contributed by atoms with Gasteiger partial charge in [-0.2, -0.15) is 26.3 Å². The topological polar surface area (TPSA) is 68.2 Å². The van der Waals surface area contributed by atoms with Gasteiger partial charge in [-0.3, -0.25) is 0 Å². The van der Waals surface area contributed by atoms with Crippen LogP contribution in [0.1, 0.15) is 11.1 Å². The van der Waals surface area contributed by atoms with Crippen LogP contribution in [-0.4, -0.2) is 17.5 Å². The molecule has 32 heavy (non-hydrogen) atoms. The molecule has 0 spiro atoms. The Hall–Kier alpha value is -3.70. The second-order valence-corrected chi connectivity index (χ2v) is 6.32. The van der Waals surface area contributed by atoms with E-state index in [0.717, 1.165) is 0 Å². The predicted molar refractivity (Wildman–Crippen MR) is 100 cm³/mol. The number of phenols is 2. The fraction of sp³-hybridized carbons (Fsp3) is 0.100. The van der Waals surface area contributed by atoms with Gasteiger partial charge in [-0.15, -0.1) is 0 Å². The first kappa shape index (κ1) is 23.0. The second kappa shape index (κ2) is 8.81. The molecule has 168 valence electrons. The van der Waals surface area contributed by atoms with Crippen LogP contribution in [0.25, 0.3) is 0 Å². The van der Waals surface area contributed by atoms with Crippen molar-refractivity contribution in [2.24, 2.45) is 0 Å². The summed E-state index contributed by atoms with van der Waals surface area (Å²) in [5.41, 5.74) is -3.21. The van der Waals surface area contributed by atoms with E-state index in [0.29, 0.717) is 12.1 Å². The van der Waals surface area contributed by atoms with E-state index in [4.69, 9.17) is 14.0 Å². The Balaban J connectivity index is 2.00. The van der Waals surface area contributed by atoms with Crippen LogP contribution in [0.3, 0.4) is 0 Å². The maximum atomic E-state index is 13.1. The van der Waals surface area contributed by atoms with E-state index in [-0.39, 0.29) is 17.6 Å². The highest BCUT2D eigenvalue weighted by Gasteiger charge is 2.39. The molecule has 3 aromatic carbocycles. The van der Waals surface area contributed by atoms with Gasteiger partial charge in [0, 0.05) is 0 Å². The Kier molecular flexibility index (Phi) is 6.33. The molecule has 0 atom stereocenters. The van der Waals surface area contributed by atoms with E-state index in [1.54, 1.807) is 0 Å². The lowest BCUT2D eigenvalue weighted by Gasteiger charge is -2.19. The summed E-state index contributed by atoms with van der Waals surface area (Å²) >= 11 is 0. The lowest BCUT2D eigenvalue weighted by atomic mass is 10.1. The van der Waals surface area contributed by atoms with Crippen LogP contribution in [0.15, 0.2) is 66.7 Å². The first-order valence-electron chi connectivity index (χ1n) is 8.79. The lowest BCUT2D eigenvalue weighted by Crippen LogP contribution is -2.37. The molecule has 0 fully saturated rings. The van der Waals surface area contributed by atoms with E-state index in [1.165, 1.54) is 48.5 Å². The standard InChI is InChI=1S/C20H13BF6O5/c22-19(23,24)12-9-13(20(25,26)27)11-14(10-12)30-21(31-17-7-3-1-5-15(17)28)32-18-8-4-2-6-16(18)29/h1-11,28-29H. The van der Waals surface area contributed by atoms with Gasteiger partial charge in [-0.05, 0) is 42.5 Å². The number of rotatable bonds is 6. The molecule has 0 aromatic heterocycles. The SMILES string of the molecule is Oc1ccccc1OB(Oc1cc(C(F)(F)F)cc(C(F)(F)F)c1)Oc1ccccc1O. The number of hydrogen-bond donors (Lipinski definition) is 2. The summed E-state index contributed by atoms with van der Waals surface area (Å²) in [5.74, 6) is -2.15.